The van der Waals surface area contributed by atoms with E-state index in [1.165, 1.54) is 0 Å². The van der Waals surface area contributed by atoms with Crippen LogP contribution in [0.4, 0.5) is 0 Å². The summed E-state index contributed by atoms with van der Waals surface area (Å²) in [5, 5.41) is 7.46. The highest BCUT2D eigenvalue weighted by molar-refractivity contribution is 5.58. The van der Waals surface area contributed by atoms with E-state index in [0.717, 1.165) is 17.0 Å². The minimum atomic E-state index is -0.0650. The van der Waals surface area contributed by atoms with E-state index in [1.807, 2.05) is 12.1 Å². The normalized spacial score (nSPS) is 12.3. The van der Waals surface area contributed by atoms with Crippen molar-refractivity contribution >= 4 is 0 Å². The van der Waals surface area contributed by atoms with Crippen LogP contribution >= 0.6 is 0 Å². The molecule has 126 valence electrons. The molecule has 0 aliphatic carbocycles. The largest absolute Gasteiger partial charge is 0.493 e. The van der Waals surface area contributed by atoms with E-state index in [-0.39, 0.29) is 5.92 Å². The Hall–Kier alpha value is -2.21. The molecule has 6 heteroatoms. The number of nitrogens with zero attached hydrogens (tertiary/aromatic N) is 1. The molecular formula is C17H25N3O3. The lowest BCUT2D eigenvalue weighted by Crippen LogP contribution is -2.15. The Morgan fingerprint density at radius 3 is 2.26 bits per heavy atom. The van der Waals surface area contributed by atoms with Gasteiger partial charge in [-0.15, -0.1) is 0 Å². The van der Waals surface area contributed by atoms with Crippen LogP contribution in [0, 0.1) is 0 Å². The Labute approximate surface area is 136 Å². The van der Waals surface area contributed by atoms with Gasteiger partial charge in [0.2, 0.25) is 5.75 Å². The maximum atomic E-state index is 6.03. The standard InChI is InChI=1S/C17H25N3O3/c1-10(2)13-8-14(20-19-13)12(9-18)11-6-7-15(21-3)17(23-5)16(11)22-4/h6-8,10,12H,9,18H2,1-5H3,(H,19,20). The maximum Gasteiger partial charge on any atom is 0.203 e. The van der Waals surface area contributed by atoms with Gasteiger partial charge in [-0.3, -0.25) is 5.10 Å². The second kappa shape index (κ2) is 7.37. The molecular weight excluding hydrogens is 294 g/mol. The molecule has 1 aromatic heterocycles. The topological polar surface area (TPSA) is 82.4 Å². The summed E-state index contributed by atoms with van der Waals surface area (Å²) in [6.45, 7) is 4.63. The number of benzene rings is 1. The SMILES string of the molecule is COc1ccc(C(CN)c2cc(C(C)C)n[nH]2)c(OC)c1OC. The molecule has 0 aliphatic heterocycles. The van der Waals surface area contributed by atoms with Gasteiger partial charge < -0.3 is 19.9 Å². The highest BCUT2D eigenvalue weighted by Gasteiger charge is 2.24. The Morgan fingerprint density at radius 1 is 1.09 bits per heavy atom. The Balaban J connectivity index is 2.52. The van der Waals surface area contributed by atoms with Crippen molar-refractivity contribution in [2.75, 3.05) is 27.9 Å². The summed E-state index contributed by atoms with van der Waals surface area (Å²) in [6, 6.07) is 5.87. The summed E-state index contributed by atoms with van der Waals surface area (Å²) in [4.78, 5) is 0. The van der Waals surface area contributed by atoms with Gasteiger partial charge in [0.15, 0.2) is 11.5 Å². The molecule has 0 radical (unpaired) electrons. The van der Waals surface area contributed by atoms with Crippen molar-refractivity contribution < 1.29 is 14.2 Å². The second-order valence-electron chi connectivity index (χ2n) is 5.61. The minimum Gasteiger partial charge on any atom is -0.493 e. The molecule has 0 amide bonds. The van der Waals surface area contributed by atoms with Crippen molar-refractivity contribution in [1.29, 1.82) is 0 Å². The first kappa shape index (κ1) is 17.1. The molecule has 1 heterocycles. The smallest absolute Gasteiger partial charge is 0.203 e. The van der Waals surface area contributed by atoms with Gasteiger partial charge in [-0.25, -0.2) is 0 Å². The van der Waals surface area contributed by atoms with Crippen molar-refractivity contribution in [1.82, 2.24) is 10.2 Å². The van der Waals surface area contributed by atoms with Crippen LogP contribution in [0.25, 0.3) is 0 Å². The fourth-order valence-corrected chi connectivity index (χ4v) is 2.65. The molecule has 3 N–H and O–H groups in total. The van der Waals surface area contributed by atoms with Crippen LogP contribution in [0.5, 0.6) is 17.2 Å². The lowest BCUT2D eigenvalue weighted by atomic mass is 9.93. The van der Waals surface area contributed by atoms with Gasteiger partial charge in [0.25, 0.3) is 0 Å². The third-order valence-corrected chi connectivity index (χ3v) is 3.93. The van der Waals surface area contributed by atoms with E-state index < -0.39 is 0 Å². The Bertz CT molecular complexity index is 653. The van der Waals surface area contributed by atoms with Gasteiger partial charge in [-0.2, -0.15) is 5.10 Å². The summed E-state index contributed by atoms with van der Waals surface area (Å²) in [5.74, 6) is 2.10. The van der Waals surface area contributed by atoms with Crippen LogP contribution in [-0.2, 0) is 0 Å². The molecule has 23 heavy (non-hydrogen) atoms. The fraction of sp³-hybridized carbons (Fsp3) is 0.471. The van der Waals surface area contributed by atoms with E-state index in [1.54, 1.807) is 21.3 Å². The number of nitrogens with one attached hydrogen (secondary N) is 1. The summed E-state index contributed by atoms with van der Waals surface area (Å²) in [5.41, 5.74) is 8.94. The highest BCUT2D eigenvalue weighted by atomic mass is 16.5. The zero-order valence-electron chi connectivity index (χ0n) is 14.3. The molecule has 1 atom stereocenters. The molecule has 0 spiro atoms. The monoisotopic (exact) mass is 319 g/mol. The van der Waals surface area contributed by atoms with Gasteiger partial charge in [-0.05, 0) is 18.1 Å². The molecule has 0 fully saturated rings. The third-order valence-electron chi connectivity index (χ3n) is 3.93. The molecule has 0 saturated carbocycles. The first-order valence-electron chi connectivity index (χ1n) is 7.61. The zero-order chi connectivity index (χ0) is 17.0. The summed E-state index contributed by atoms with van der Waals surface area (Å²) >= 11 is 0. The predicted molar refractivity (Wildman–Crippen MR) is 89.7 cm³/mol. The lowest BCUT2D eigenvalue weighted by molar-refractivity contribution is 0.321. The fourth-order valence-electron chi connectivity index (χ4n) is 2.65. The van der Waals surface area contributed by atoms with Crippen molar-refractivity contribution in [3.05, 3.63) is 35.2 Å². The van der Waals surface area contributed by atoms with Gasteiger partial charge in [0, 0.05) is 23.7 Å². The Morgan fingerprint density at radius 2 is 1.78 bits per heavy atom. The number of nitrogens with two attached hydrogens (primary N) is 1. The van der Waals surface area contributed by atoms with E-state index in [4.69, 9.17) is 19.9 Å². The number of aromatic amines is 1. The van der Waals surface area contributed by atoms with Crippen molar-refractivity contribution in [3.63, 3.8) is 0 Å². The van der Waals surface area contributed by atoms with Crippen molar-refractivity contribution in [2.45, 2.75) is 25.7 Å². The van der Waals surface area contributed by atoms with E-state index in [0.29, 0.717) is 29.7 Å². The maximum absolute atomic E-state index is 6.03. The van der Waals surface area contributed by atoms with Crippen molar-refractivity contribution in [3.8, 4) is 17.2 Å². The minimum absolute atomic E-state index is 0.0650. The number of H-pyrrole nitrogens is 1. The number of hydrogen-bond acceptors (Lipinski definition) is 5. The first-order chi connectivity index (χ1) is 11.1. The molecule has 0 aliphatic rings. The predicted octanol–water partition coefficient (Wildman–Crippen LogP) is 2.65. The average Bonchev–Trinajstić information content (AvgIpc) is 3.04. The van der Waals surface area contributed by atoms with Crippen LogP contribution in [0.3, 0.4) is 0 Å². The van der Waals surface area contributed by atoms with Gasteiger partial charge in [0.1, 0.15) is 0 Å². The number of aromatic nitrogens is 2. The number of methoxy groups -OCH3 is 3. The van der Waals surface area contributed by atoms with Crippen LogP contribution in [0.1, 0.15) is 42.6 Å². The van der Waals surface area contributed by atoms with Gasteiger partial charge in [-0.1, -0.05) is 19.9 Å². The number of ether oxygens (including phenoxy) is 3. The molecule has 2 rings (SSSR count). The number of hydrogen-bond donors (Lipinski definition) is 2. The first-order valence-corrected chi connectivity index (χ1v) is 7.61. The summed E-state index contributed by atoms with van der Waals surface area (Å²) < 4.78 is 16.4. The second-order valence-corrected chi connectivity index (χ2v) is 5.61. The lowest BCUT2D eigenvalue weighted by Gasteiger charge is -2.20. The quantitative estimate of drug-likeness (QED) is 0.820. The number of rotatable bonds is 7. The van der Waals surface area contributed by atoms with Crippen molar-refractivity contribution in [2.24, 2.45) is 5.73 Å². The zero-order valence-corrected chi connectivity index (χ0v) is 14.3. The summed E-state index contributed by atoms with van der Waals surface area (Å²) in [6.07, 6.45) is 0. The Kier molecular flexibility index (Phi) is 5.50. The highest BCUT2D eigenvalue weighted by Crippen LogP contribution is 2.43. The van der Waals surface area contributed by atoms with Gasteiger partial charge >= 0.3 is 0 Å². The molecule has 1 aromatic carbocycles. The third kappa shape index (κ3) is 3.27. The molecule has 2 aromatic rings. The molecule has 0 saturated heterocycles. The molecule has 0 bridgehead atoms. The van der Waals surface area contributed by atoms with E-state index in [2.05, 4.69) is 30.1 Å². The van der Waals surface area contributed by atoms with Crippen LogP contribution in [0.15, 0.2) is 18.2 Å². The van der Waals surface area contributed by atoms with E-state index >= 15 is 0 Å². The van der Waals surface area contributed by atoms with Gasteiger partial charge in [0.05, 0.1) is 27.0 Å². The van der Waals surface area contributed by atoms with Crippen LogP contribution in [-0.4, -0.2) is 38.1 Å². The van der Waals surface area contributed by atoms with Crippen LogP contribution < -0.4 is 19.9 Å². The van der Waals surface area contributed by atoms with E-state index in [9.17, 15) is 0 Å². The molecule has 6 nitrogen and oxygen atoms in total. The average molecular weight is 319 g/mol. The summed E-state index contributed by atoms with van der Waals surface area (Å²) in [7, 11) is 4.80. The van der Waals surface area contributed by atoms with Crippen LogP contribution in [0.2, 0.25) is 0 Å². The molecule has 1 unspecified atom stereocenters.